The van der Waals surface area contributed by atoms with E-state index >= 15 is 0 Å². The van der Waals surface area contributed by atoms with Gasteiger partial charge in [-0.3, -0.25) is 14.6 Å². The minimum atomic E-state index is -0.143. The fourth-order valence-electron chi connectivity index (χ4n) is 4.22. The normalized spacial score (nSPS) is 21.5. The Morgan fingerprint density at radius 2 is 1.97 bits per heavy atom. The molecule has 0 bridgehead atoms. The van der Waals surface area contributed by atoms with E-state index in [1.54, 1.807) is 18.6 Å². The van der Waals surface area contributed by atoms with Gasteiger partial charge < -0.3 is 14.8 Å². The molecule has 0 radical (unpaired) electrons. The molecule has 0 unspecified atom stereocenters. The van der Waals surface area contributed by atoms with Crippen molar-refractivity contribution in [3.8, 4) is 0 Å². The van der Waals surface area contributed by atoms with Crippen LogP contribution in [0.4, 0.5) is 0 Å². The Hall–Kier alpha value is -3.22. The molecular formula is C22H23N5O2. The van der Waals surface area contributed by atoms with Gasteiger partial charge in [0.25, 0.3) is 5.91 Å². The monoisotopic (exact) mass is 389 g/mol. The van der Waals surface area contributed by atoms with Gasteiger partial charge in [-0.15, -0.1) is 0 Å². The van der Waals surface area contributed by atoms with Gasteiger partial charge in [0.1, 0.15) is 5.82 Å². The van der Waals surface area contributed by atoms with Crippen molar-refractivity contribution in [3.63, 3.8) is 0 Å². The first kappa shape index (κ1) is 17.8. The summed E-state index contributed by atoms with van der Waals surface area (Å²) < 4.78 is 1.97. The van der Waals surface area contributed by atoms with Gasteiger partial charge in [-0.25, -0.2) is 4.98 Å². The van der Waals surface area contributed by atoms with Crippen molar-refractivity contribution in [3.05, 3.63) is 60.4 Å². The third-order valence-corrected chi connectivity index (χ3v) is 5.97. The summed E-state index contributed by atoms with van der Waals surface area (Å²) in [7, 11) is 1.95. The molecule has 1 aliphatic heterocycles. The second-order valence-corrected chi connectivity index (χ2v) is 8.01. The molecule has 3 aromatic rings. The average Bonchev–Trinajstić information content (AvgIpc) is 3.39. The van der Waals surface area contributed by atoms with Crippen LogP contribution in [0.3, 0.4) is 0 Å². The summed E-state index contributed by atoms with van der Waals surface area (Å²) in [6, 6.07) is 7.63. The lowest BCUT2D eigenvalue weighted by molar-refractivity contribution is -0.123. The molecule has 7 nitrogen and oxygen atoms in total. The Balaban J connectivity index is 1.45. The van der Waals surface area contributed by atoms with Crippen molar-refractivity contribution in [2.75, 3.05) is 13.1 Å². The molecule has 7 heteroatoms. The lowest BCUT2D eigenvalue weighted by Gasteiger charge is -2.19. The van der Waals surface area contributed by atoms with E-state index in [0.717, 1.165) is 29.4 Å². The van der Waals surface area contributed by atoms with Crippen LogP contribution in [0, 0.1) is 5.92 Å². The van der Waals surface area contributed by atoms with E-state index in [9.17, 15) is 9.59 Å². The van der Waals surface area contributed by atoms with Gasteiger partial charge in [0, 0.05) is 56.2 Å². The first-order valence-electron chi connectivity index (χ1n) is 10.0. The number of rotatable bonds is 4. The number of aromatic nitrogens is 3. The standard InChI is InChI=1S/C22H23N5O2/c1-26-9-8-24-20(26)18-12-27(13-19(18)25-21(28)14-6-7-14)22(29)17-11-23-10-15-4-2-3-5-16(15)17/h2-5,8-11,14,18-19H,6-7,12-13H2,1H3,(H,25,28)/t18-,19-/m1/s1. The fourth-order valence-corrected chi connectivity index (χ4v) is 4.22. The number of pyridine rings is 1. The number of fused-ring (bicyclic) bond motifs is 1. The second-order valence-electron chi connectivity index (χ2n) is 8.01. The third-order valence-electron chi connectivity index (χ3n) is 5.97. The largest absolute Gasteiger partial charge is 0.351 e. The van der Waals surface area contributed by atoms with Crippen molar-refractivity contribution >= 4 is 22.6 Å². The van der Waals surface area contributed by atoms with Gasteiger partial charge in [0.2, 0.25) is 5.91 Å². The van der Waals surface area contributed by atoms with Crippen LogP contribution >= 0.6 is 0 Å². The smallest absolute Gasteiger partial charge is 0.256 e. The zero-order valence-electron chi connectivity index (χ0n) is 16.3. The third kappa shape index (κ3) is 3.26. The number of nitrogens with one attached hydrogen (secondary N) is 1. The van der Waals surface area contributed by atoms with E-state index in [0.29, 0.717) is 18.7 Å². The van der Waals surface area contributed by atoms with E-state index < -0.39 is 0 Å². The minimum absolute atomic E-state index is 0.0374. The Morgan fingerprint density at radius 1 is 1.14 bits per heavy atom. The van der Waals surface area contributed by atoms with Crippen molar-refractivity contribution in [1.29, 1.82) is 0 Å². The van der Waals surface area contributed by atoms with Crippen LogP contribution < -0.4 is 5.32 Å². The summed E-state index contributed by atoms with van der Waals surface area (Å²) in [6.45, 7) is 0.987. The van der Waals surface area contributed by atoms with Gasteiger partial charge in [-0.05, 0) is 18.2 Å². The van der Waals surface area contributed by atoms with E-state index in [1.165, 1.54) is 0 Å². The minimum Gasteiger partial charge on any atom is -0.351 e. The summed E-state index contributed by atoms with van der Waals surface area (Å²) in [5, 5.41) is 5.01. The average molecular weight is 389 g/mol. The highest BCUT2D eigenvalue weighted by atomic mass is 16.2. The van der Waals surface area contributed by atoms with Gasteiger partial charge >= 0.3 is 0 Å². The van der Waals surface area contributed by atoms with Crippen LogP contribution in [-0.2, 0) is 11.8 Å². The Morgan fingerprint density at radius 3 is 2.72 bits per heavy atom. The molecule has 1 N–H and O–H groups in total. The molecular weight excluding hydrogens is 366 g/mol. The van der Waals surface area contributed by atoms with Crippen LogP contribution in [0.1, 0.15) is 34.9 Å². The number of likely N-dealkylation sites (tertiary alicyclic amines) is 1. The first-order chi connectivity index (χ1) is 14.1. The van der Waals surface area contributed by atoms with E-state index in [1.807, 2.05) is 47.0 Å². The van der Waals surface area contributed by atoms with Crippen molar-refractivity contribution in [1.82, 2.24) is 24.8 Å². The van der Waals surface area contributed by atoms with Crippen molar-refractivity contribution in [2.24, 2.45) is 13.0 Å². The summed E-state index contributed by atoms with van der Waals surface area (Å²) in [5.74, 6) is 1.01. The van der Waals surface area contributed by atoms with Crippen LogP contribution in [0.25, 0.3) is 10.8 Å². The topological polar surface area (TPSA) is 80.1 Å². The number of imidazole rings is 1. The van der Waals surface area contributed by atoms with E-state index in [2.05, 4.69) is 15.3 Å². The number of hydrogen-bond acceptors (Lipinski definition) is 4. The summed E-state index contributed by atoms with van der Waals surface area (Å²) in [5.41, 5.74) is 0.593. The number of carbonyl (C=O) groups is 2. The predicted molar refractivity (Wildman–Crippen MR) is 108 cm³/mol. The van der Waals surface area contributed by atoms with Crippen LogP contribution in [0.15, 0.2) is 49.1 Å². The van der Waals surface area contributed by atoms with Crippen LogP contribution in [0.2, 0.25) is 0 Å². The Bertz CT molecular complexity index is 1080. The van der Waals surface area contributed by atoms with E-state index in [4.69, 9.17) is 0 Å². The van der Waals surface area contributed by atoms with Gasteiger partial charge in [0.15, 0.2) is 0 Å². The number of nitrogens with zero attached hydrogens (tertiary/aromatic N) is 4. The molecule has 2 amide bonds. The highest BCUT2D eigenvalue weighted by Gasteiger charge is 2.41. The van der Waals surface area contributed by atoms with Gasteiger partial charge in [-0.1, -0.05) is 24.3 Å². The molecule has 3 heterocycles. The Kier molecular flexibility index (Phi) is 4.30. The molecule has 1 aliphatic carbocycles. The number of hydrogen-bond donors (Lipinski definition) is 1. The first-order valence-corrected chi connectivity index (χ1v) is 10.0. The molecule has 148 valence electrons. The lowest BCUT2D eigenvalue weighted by Crippen LogP contribution is -2.41. The molecule has 2 fully saturated rings. The molecule has 2 aliphatic rings. The second kappa shape index (κ2) is 6.99. The number of carbonyl (C=O) groups excluding carboxylic acids is 2. The Labute approximate surface area is 168 Å². The van der Waals surface area contributed by atoms with Crippen molar-refractivity contribution in [2.45, 2.75) is 24.8 Å². The van der Waals surface area contributed by atoms with E-state index in [-0.39, 0.29) is 29.7 Å². The highest BCUT2D eigenvalue weighted by Crippen LogP contribution is 2.32. The molecule has 5 rings (SSSR count). The number of aryl methyl sites for hydroxylation is 1. The molecule has 1 saturated heterocycles. The van der Waals surface area contributed by atoms with Gasteiger partial charge in [0.05, 0.1) is 17.5 Å². The quantitative estimate of drug-likeness (QED) is 0.741. The van der Waals surface area contributed by atoms with Crippen LogP contribution in [-0.4, -0.2) is 50.4 Å². The lowest BCUT2D eigenvalue weighted by atomic mass is 10.0. The number of benzene rings is 1. The fraction of sp³-hybridized carbons (Fsp3) is 0.364. The SMILES string of the molecule is Cn1ccnc1[C@@H]1CN(C(=O)c2cncc3ccccc23)C[C@H]1NC(=O)C1CC1. The van der Waals surface area contributed by atoms with Crippen molar-refractivity contribution < 1.29 is 9.59 Å². The maximum absolute atomic E-state index is 13.4. The maximum atomic E-state index is 13.4. The summed E-state index contributed by atoms with van der Waals surface area (Å²) in [6.07, 6.45) is 8.97. The molecule has 2 atom stereocenters. The molecule has 1 saturated carbocycles. The molecule has 0 spiro atoms. The summed E-state index contributed by atoms with van der Waals surface area (Å²) in [4.78, 5) is 36.4. The highest BCUT2D eigenvalue weighted by molar-refractivity contribution is 6.06. The molecule has 2 aromatic heterocycles. The predicted octanol–water partition coefficient (Wildman–Crippen LogP) is 2.10. The maximum Gasteiger partial charge on any atom is 0.256 e. The zero-order valence-corrected chi connectivity index (χ0v) is 16.3. The van der Waals surface area contributed by atoms with Crippen LogP contribution in [0.5, 0.6) is 0 Å². The zero-order chi connectivity index (χ0) is 20.0. The number of amides is 2. The summed E-state index contributed by atoms with van der Waals surface area (Å²) >= 11 is 0. The molecule has 29 heavy (non-hydrogen) atoms. The molecule has 1 aromatic carbocycles. The van der Waals surface area contributed by atoms with Gasteiger partial charge in [-0.2, -0.15) is 0 Å².